The summed E-state index contributed by atoms with van der Waals surface area (Å²) in [4.78, 5) is 25.5. The second-order valence-electron chi connectivity index (χ2n) is 6.56. The van der Waals surface area contributed by atoms with Gasteiger partial charge in [0, 0.05) is 50.8 Å². The predicted molar refractivity (Wildman–Crippen MR) is 106 cm³/mol. The van der Waals surface area contributed by atoms with E-state index in [1.807, 2.05) is 38.1 Å². The Morgan fingerprint density at radius 1 is 1.26 bits per heavy atom. The number of morpholine rings is 1. The summed E-state index contributed by atoms with van der Waals surface area (Å²) in [5.74, 6) is 0.446. The smallest absolute Gasteiger partial charge is 0.261 e. The van der Waals surface area contributed by atoms with Gasteiger partial charge >= 0.3 is 0 Å². The van der Waals surface area contributed by atoms with Gasteiger partial charge in [-0.15, -0.1) is 0 Å². The molecular formula is C20H27N5O2. The third kappa shape index (κ3) is 5.24. The first-order chi connectivity index (χ1) is 13.2. The first-order valence-corrected chi connectivity index (χ1v) is 9.42. The van der Waals surface area contributed by atoms with Crippen LogP contribution in [0.1, 0.15) is 22.8 Å². The minimum atomic E-state index is -0.0945. The van der Waals surface area contributed by atoms with Crippen LogP contribution in [0.4, 0.5) is 11.6 Å². The maximum Gasteiger partial charge on any atom is 0.261 e. The molecule has 7 nitrogen and oxygen atoms in total. The fraction of sp³-hybridized carbons (Fsp3) is 0.450. The number of benzene rings is 1. The van der Waals surface area contributed by atoms with Gasteiger partial charge in [0.25, 0.3) is 5.91 Å². The van der Waals surface area contributed by atoms with E-state index in [9.17, 15) is 4.79 Å². The van der Waals surface area contributed by atoms with Crippen LogP contribution < -0.4 is 10.2 Å². The van der Waals surface area contributed by atoms with Gasteiger partial charge in [-0.3, -0.25) is 9.69 Å². The number of nitrogens with one attached hydrogen (secondary N) is 1. The van der Waals surface area contributed by atoms with Gasteiger partial charge in [-0.1, -0.05) is 12.1 Å². The molecule has 1 amide bonds. The molecule has 1 aliphatic rings. The highest BCUT2D eigenvalue weighted by atomic mass is 16.5. The van der Waals surface area contributed by atoms with Crippen LogP contribution in [0.15, 0.2) is 36.7 Å². The summed E-state index contributed by atoms with van der Waals surface area (Å²) in [5, 5.41) is 3.21. The standard InChI is InChI=1S/C20H27N5O2/c1-3-25(18-6-4-5-16(2)13-18)19(26)17-14-22-20(23-15-17)21-7-8-24-9-11-27-12-10-24/h4-6,13-15H,3,7-12H2,1-2H3,(H,21,22,23). The molecule has 2 aromatic rings. The van der Waals surface area contributed by atoms with E-state index in [-0.39, 0.29) is 5.91 Å². The highest BCUT2D eigenvalue weighted by molar-refractivity contribution is 6.05. The molecule has 1 aromatic carbocycles. The molecule has 144 valence electrons. The van der Waals surface area contributed by atoms with Crippen molar-refractivity contribution in [2.75, 3.05) is 56.2 Å². The van der Waals surface area contributed by atoms with E-state index >= 15 is 0 Å². The van der Waals surface area contributed by atoms with Gasteiger partial charge in [-0.25, -0.2) is 9.97 Å². The summed E-state index contributed by atoms with van der Waals surface area (Å²) < 4.78 is 5.34. The molecular weight excluding hydrogens is 342 g/mol. The lowest BCUT2D eigenvalue weighted by Crippen LogP contribution is -2.39. The number of hydrogen-bond donors (Lipinski definition) is 1. The zero-order chi connectivity index (χ0) is 19.1. The molecule has 0 bridgehead atoms. The Morgan fingerprint density at radius 2 is 2.00 bits per heavy atom. The SMILES string of the molecule is CCN(C(=O)c1cnc(NCCN2CCOCC2)nc1)c1cccc(C)c1. The fourth-order valence-electron chi connectivity index (χ4n) is 3.08. The van der Waals surface area contributed by atoms with Crippen LogP contribution >= 0.6 is 0 Å². The molecule has 2 heterocycles. The molecule has 1 fully saturated rings. The van der Waals surface area contributed by atoms with Crippen molar-refractivity contribution in [1.29, 1.82) is 0 Å². The molecule has 1 N–H and O–H groups in total. The molecule has 0 unspecified atom stereocenters. The minimum Gasteiger partial charge on any atom is -0.379 e. The number of carbonyl (C=O) groups excluding carboxylic acids is 1. The molecule has 1 aliphatic heterocycles. The number of anilines is 2. The summed E-state index contributed by atoms with van der Waals surface area (Å²) in [6.07, 6.45) is 3.18. The average molecular weight is 369 g/mol. The maximum atomic E-state index is 12.8. The number of carbonyl (C=O) groups is 1. The first kappa shape index (κ1) is 19.3. The summed E-state index contributed by atoms with van der Waals surface area (Å²) in [6.45, 7) is 9.75. The third-order valence-electron chi connectivity index (χ3n) is 4.59. The van der Waals surface area contributed by atoms with E-state index in [0.717, 1.165) is 50.6 Å². The first-order valence-electron chi connectivity index (χ1n) is 9.42. The maximum absolute atomic E-state index is 12.8. The Balaban J connectivity index is 1.57. The van der Waals surface area contributed by atoms with Crippen molar-refractivity contribution in [3.63, 3.8) is 0 Å². The second-order valence-corrected chi connectivity index (χ2v) is 6.56. The van der Waals surface area contributed by atoms with Crippen molar-refractivity contribution in [2.45, 2.75) is 13.8 Å². The van der Waals surface area contributed by atoms with Crippen molar-refractivity contribution in [2.24, 2.45) is 0 Å². The monoisotopic (exact) mass is 369 g/mol. The normalized spacial score (nSPS) is 14.7. The van der Waals surface area contributed by atoms with Gasteiger partial charge in [-0.05, 0) is 31.5 Å². The molecule has 1 saturated heterocycles. The lowest BCUT2D eigenvalue weighted by molar-refractivity contribution is 0.0398. The molecule has 0 radical (unpaired) electrons. The fourth-order valence-corrected chi connectivity index (χ4v) is 3.08. The van der Waals surface area contributed by atoms with Crippen LogP contribution in [0.2, 0.25) is 0 Å². The van der Waals surface area contributed by atoms with Crippen LogP contribution in [0.3, 0.4) is 0 Å². The molecule has 1 aromatic heterocycles. The molecule has 0 aliphatic carbocycles. The van der Waals surface area contributed by atoms with E-state index < -0.39 is 0 Å². The van der Waals surface area contributed by atoms with E-state index in [4.69, 9.17) is 4.74 Å². The Bertz CT molecular complexity index is 744. The second kappa shape index (κ2) is 9.43. The summed E-state index contributed by atoms with van der Waals surface area (Å²) >= 11 is 0. The predicted octanol–water partition coefficient (Wildman–Crippen LogP) is 2.20. The quantitative estimate of drug-likeness (QED) is 0.807. The van der Waals surface area contributed by atoms with E-state index in [0.29, 0.717) is 18.1 Å². The number of nitrogens with zero attached hydrogens (tertiary/aromatic N) is 4. The molecule has 0 atom stereocenters. The van der Waals surface area contributed by atoms with E-state index in [2.05, 4.69) is 20.2 Å². The van der Waals surface area contributed by atoms with Crippen molar-refractivity contribution >= 4 is 17.5 Å². The van der Waals surface area contributed by atoms with Gasteiger partial charge in [0.1, 0.15) is 0 Å². The highest BCUT2D eigenvalue weighted by Gasteiger charge is 2.17. The van der Waals surface area contributed by atoms with Crippen molar-refractivity contribution in [1.82, 2.24) is 14.9 Å². The molecule has 0 saturated carbocycles. The molecule has 27 heavy (non-hydrogen) atoms. The Labute approximate surface area is 160 Å². The van der Waals surface area contributed by atoms with Crippen LogP contribution in [0, 0.1) is 6.92 Å². The molecule has 0 spiro atoms. The van der Waals surface area contributed by atoms with Gasteiger partial charge in [0.05, 0.1) is 18.8 Å². The highest BCUT2D eigenvalue weighted by Crippen LogP contribution is 2.18. The largest absolute Gasteiger partial charge is 0.379 e. The number of rotatable bonds is 7. The number of ether oxygens (including phenoxy) is 1. The van der Waals surface area contributed by atoms with Gasteiger partial charge < -0.3 is 15.0 Å². The van der Waals surface area contributed by atoms with Crippen molar-refractivity contribution in [3.05, 3.63) is 47.8 Å². The lowest BCUT2D eigenvalue weighted by Gasteiger charge is -2.26. The van der Waals surface area contributed by atoms with Crippen molar-refractivity contribution < 1.29 is 9.53 Å². The molecule has 7 heteroatoms. The summed E-state index contributed by atoms with van der Waals surface area (Å²) in [5.41, 5.74) is 2.49. The third-order valence-corrected chi connectivity index (χ3v) is 4.59. The van der Waals surface area contributed by atoms with Crippen LogP contribution in [-0.2, 0) is 4.74 Å². The summed E-state index contributed by atoms with van der Waals surface area (Å²) in [7, 11) is 0. The van der Waals surface area contributed by atoms with E-state index in [1.165, 1.54) is 0 Å². The van der Waals surface area contributed by atoms with Gasteiger partial charge in [-0.2, -0.15) is 0 Å². The van der Waals surface area contributed by atoms with Gasteiger partial charge in [0.15, 0.2) is 0 Å². The average Bonchev–Trinajstić information content (AvgIpc) is 2.70. The lowest BCUT2D eigenvalue weighted by atomic mass is 10.2. The van der Waals surface area contributed by atoms with Crippen LogP contribution in [0.5, 0.6) is 0 Å². The van der Waals surface area contributed by atoms with Crippen LogP contribution in [-0.4, -0.2) is 66.7 Å². The Kier molecular flexibility index (Phi) is 6.73. The van der Waals surface area contributed by atoms with Crippen molar-refractivity contribution in [3.8, 4) is 0 Å². The van der Waals surface area contributed by atoms with E-state index in [1.54, 1.807) is 17.3 Å². The zero-order valence-electron chi connectivity index (χ0n) is 16.0. The number of aryl methyl sites for hydroxylation is 1. The molecule has 3 rings (SSSR count). The van der Waals surface area contributed by atoms with Gasteiger partial charge in [0.2, 0.25) is 5.95 Å². The zero-order valence-corrected chi connectivity index (χ0v) is 16.0. The number of hydrogen-bond acceptors (Lipinski definition) is 6. The van der Waals surface area contributed by atoms with Crippen LogP contribution in [0.25, 0.3) is 0 Å². The number of amides is 1. The Hall–Kier alpha value is -2.51. The summed E-state index contributed by atoms with van der Waals surface area (Å²) in [6, 6.07) is 7.92. The minimum absolute atomic E-state index is 0.0945. The number of aromatic nitrogens is 2. The topological polar surface area (TPSA) is 70.6 Å². The Morgan fingerprint density at radius 3 is 2.67 bits per heavy atom.